The molecule has 0 aliphatic carbocycles. The lowest BCUT2D eigenvalue weighted by Crippen LogP contribution is -2.26. The van der Waals surface area contributed by atoms with Gasteiger partial charge in [0.05, 0.1) is 5.02 Å². The maximum atomic E-state index is 12.4. The number of nitrogens with zero attached hydrogens (tertiary/aromatic N) is 1. The van der Waals surface area contributed by atoms with Gasteiger partial charge in [0.1, 0.15) is 0 Å². The summed E-state index contributed by atoms with van der Waals surface area (Å²) in [5, 5.41) is 0.600. The second-order valence-electron chi connectivity index (χ2n) is 4.72. The summed E-state index contributed by atoms with van der Waals surface area (Å²) < 4.78 is 0.731. The van der Waals surface area contributed by atoms with Crippen molar-refractivity contribution in [3.8, 4) is 0 Å². The van der Waals surface area contributed by atoms with E-state index < -0.39 is 0 Å². The first-order chi connectivity index (χ1) is 9.49. The second kappa shape index (κ2) is 6.42. The molecule has 0 radical (unpaired) electrons. The molecule has 2 nitrogen and oxygen atoms in total. The third kappa shape index (κ3) is 3.41. The van der Waals surface area contributed by atoms with Crippen LogP contribution >= 0.6 is 27.5 Å². The highest BCUT2D eigenvalue weighted by Crippen LogP contribution is 2.24. The molecule has 1 amide bonds. The fourth-order valence-corrected chi connectivity index (χ4v) is 2.46. The molecule has 4 heteroatoms. The quantitative estimate of drug-likeness (QED) is 0.785. The van der Waals surface area contributed by atoms with Crippen LogP contribution in [0, 0.1) is 6.92 Å². The van der Waals surface area contributed by atoms with E-state index in [1.54, 1.807) is 30.1 Å². The van der Waals surface area contributed by atoms with Crippen LogP contribution < -0.4 is 0 Å². The molecule has 0 aliphatic heterocycles. The fourth-order valence-electron chi connectivity index (χ4n) is 1.96. The maximum Gasteiger partial charge on any atom is 0.253 e. The molecular weight excluding hydrogens is 338 g/mol. The van der Waals surface area contributed by atoms with Crippen LogP contribution in [-0.4, -0.2) is 17.9 Å². The Balaban J connectivity index is 2.16. The summed E-state index contributed by atoms with van der Waals surface area (Å²) in [5.74, 6) is -0.0226. The van der Waals surface area contributed by atoms with Crippen LogP contribution in [0.25, 0.3) is 0 Å². The SMILES string of the molecule is Cc1ccccc1CN(C)C(=O)c1ccc(Cl)c(Br)c1. The molecule has 2 rings (SSSR count). The van der Waals surface area contributed by atoms with E-state index >= 15 is 0 Å². The van der Waals surface area contributed by atoms with E-state index in [-0.39, 0.29) is 5.91 Å². The van der Waals surface area contributed by atoms with E-state index in [9.17, 15) is 4.79 Å². The molecule has 0 fully saturated rings. The highest BCUT2D eigenvalue weighted by Gasteiger charge is 2.13. The Morgan fingerprint density at radius 3 is 2.60 bits per heavy atom. The molecule has 0 N–H and O–H groups in total. The van der Waals surface area contributed by atoms with Gasteiger partial charge in [0.2, 0.25) is 0 Å². The molecule has 2 aromatic rings. The molecular formula is C16H15BrClNO. The highest BCUT2D eigenvalue weighted by atomic mass is 79.9. The zero-order valence-electron chi connectivity index (χ0n) is 11.4. The van der Waals surface area contributed by atoms with Crippen LogP contribution in [0.5, 0.6) is 0 Å². The van der Waals surface area contributed by atoms with Gasteiger partial charge in [0, 0.05) is 23.6 Å². The van der Waals surface area contributed by atoms with E-state index in [0.29, 0.717) is 17.1 Å². The number of hydrogen-bond donors (Lipinski definition) is 0. The first-order valence-electron chi connectivity index (χ1n) is 6.24. The van der Waals surface area contributed by atoms with Gasteiger partial charge < -0.3 is 4.90 Å². The van der Waals surface area contributed by atoms with Crippen LogP contribution in [0.15, 0.2) is 46.9 Å². The predicted octanol–water partition coefficient (Wildman–Crippen LogP) is 4.68. The van der Waals surface area contributed by atoms with E-state index in [4.69, 9.17) is 11.6 Å². The topological polar surface area (TPSA) is 20.3 Å². The third-order valence-corrected chi connectivity index (χ3v) is 4.40. The summed E-state index contributed by atoms with van der Waals surface area (Å²) >= 11 is 9.28. The molecule has 0 aromatic heterocycles. The van der Waals surface area contributed by atoms with E-state index in [2.05, 4.69) is 15.9 Å². The fraction of sp³-hybridized carbons (Fsp3) is 0.188. The number of benzene rings is 2. The molecule has 2 aromatic carbocycles. The molecule has 0 bridgehead atoms. The summed E-state index contributed by atoms with van der Waals surface area (Å²) in [4.78, 5) is 14.1. The smallest absolute Gasteiger partial charge is 0.253 e. The van der Waals surface area contributed by atoms with Crippen molar-refractivity contribution < 1.29 is 4.79 Å². The first-order valence-corrected chi connectivity index (χ1v) is 7.41. The van der Waals surface area contributed by atoms with Gasteiger partial charge >= 0.3 is 0 Å². The van der Waals surface area contributed by atoms with Gasteiger partial charge in [-0.05, 0) is 52.2 Å². The number of carbonyl (C=O) groups excluding carboxylic acids is 1. The monoisotopic (exact) mass is 351 g/mol. The number of carbonyl (C=O) groups is 1. The van der Waals surface area contributed by atoms with Crippen molar-refractivity contribution in [1.82, 2.24) is 4.90 Å². The van der Waals surface area contributed by atoms with Crippen LogP contribution in [0.4, 0.5) is 0 Å². The Morgan fingerprint density at radius 1 is 1.25 bits per heavy atom. The molecule has 0 aliphatic rings. The summed E-state index contributed by atoms with van der Waals surface area (Å²) in [7, 11) is 1.80. The Hall–Kier alpha value is -1.32. The Morgan fingerprint density at radius 2 is 1.95 bits per heavy atom. The molecule has 20 heavy (non-hydrogen) atoms. The van der Waals surface area contributed by atoms with Gasteiger partial charge in [-0.25, -0.2) is 0 Å². The molecule has 0 spiro atoms. The van der Waals surface area contributed by atoms with Crippen molar-refractivity contribution in [3.05, 3.63) is 68.7 Å². The standard InChI is InChI=1S/C16H15BrClNO/c1-11-5-3-4-6-13(11)10-19(2)16(20)12-7-8-15(18)14(17)9-12/h3-9H,10H2,1-2H3. The van der Waals surface area contributed by atoms with E-state index in [1.165, 1.54) is 5.56 Å². The molecule has 0 heterocycles. The van der Waals surface area contributed by atoms with Crippen molar-refractivity contribution in [3.63, 3.8) is 0 Å². The van der Waals surface area contributed by atoms with Gasteiger partial charge in [0.15, 0.2) is 0 Å². The van der Waals surface area contributed by atoms with E-state index in [1.807, 2.05) is 31.2 Å². The number of aryl methyl sites for hydroxylation is 1. The minimum absolute atomic E-state index is 0.0226. The van der Waals surface area contributed by atoms with Crippen molar-refractivity contribution in [2.75, 3.05) is 7.05 Å². The van der Waals surface area contributed by atoms with Gasteiger partial charge in [-0.1, -0.05) is 35.9 Å². The summed E-state index contributed by atoms with van der Waals surface area (Å²) in [5.41, 5.74) is 2.96. The summed E-state index contributed by atoms with van der Waals surface area (Å²) in [6.07, 6.45) is 0. The zero-order valence-corrected chi connectivity index (χ0v) is 13.7. The molecule has 0 saturated carbocycles. The predicted molar refractivity (Wildman–Crippen MR) is 86.1 cm³/mol. The molecule has 0 saturated heterocycles. The van der Waals surface area contributed by atoms with Crippen molar-refractivity contribution >= 4 is 33.4 Å². The van der Waals surface area contributed by atoms with Gasteiger partial charge in [-0.2, -0.15) is 0 Å². The number of hydrogen-bond acceptors (Lipinski definition) is 1. The Labute approximate surface area is 132 Å². The van der Waals surface area contributed by atoms with Crippen molar-refractivity contribution in [1.29, 1.82) is 0 Å². The number of rotatable bonds is 3. The van der Waals surface area contributed by atoms with Crippen LogP contribution in [0.3, 0.4) is 0 Å². The van der Waals surface area contributed by atoms with Crippen LogP contribution in [0.1, 0.15) is 21.5 Å². The largest absolute Gasteiger partial charge is 0.337 e. The minimum atomic E-state index is -0.0226. The first kappa shape index (κ1) is 15.1. The van der Waals surface area contributed by atoms with Gasteiger partial charge in [-0.3, -0.25) is 4.79 Å². The Bertz CT molecular complexity index is 642. The number of amides is 1. The maximum absolute atomic E-state index is 12.4. The lowest BCUT2D eigenvalue weighted by atomic mass is 10.1. The second-order valence-corrected chi connectivity index (χ2v) is 5.98. The Kier molecular flexibility index (Phi) is 4.84. The van der Waals surface area contributed by atoms with Gasteiger partial charge in [-0.15, -0.1) is 0 Å². The summed E-state index contributed by atoms with van der Waals surface area (Å²) in [6, 6.07) is 13.3. The van der Waals surface area contributed by atoms with Crippen LogP contribution in [-0.2, 0) is 6.54 Å². The lowest BCUT2D eigenvalue weighted by molar-refractivity contribution is 0.0785. The lowest BCUT2D eigenvalue weighted by Gasteiger charge is -2.19. The van der Waals surface area contributed by atoms with Gasteiger partial charge in [0.25, 0.3) is 5.91 Å². The van der Waals surface area contributed by atoms with E-state index in [0.717, 1.165) is 10.0 Å². The average molecular weight is 353 g/mol. The van der Waals surface area contributed by atoms with Crippen molar-refractivity contribution in [2.24, 2.45) is 0 Å². The van der Waals surface area contributed by atoms with Crippen LogP contribution in [0.2, 0.25) is 5.02 Å². The zero-order chi connectivity index (χ0) is 14.7. The minimum Gasteiger partial charge on any atom is -0.337 e. The molecule has 0 unspecified atom stereocenters. The number of halogens is 2. The normalized spacial score (nSPS) is 10.4. The summed E-state index contributed by atoms with van der Waals surface area (Å²) in [6.45, 7) is 2.64. The average Bonchev–Trinajstić information content (AvgIpc) is 2.43. The van der Waals surface area contributed by atoms with Crippen molar-refractivity contribution in [2.45, 2.75) is 13.5 Å². The third-order valence-electron chi connectivity index (χ3n) is 3.18. The molecule has 0 atom stereocenters. The molecule has 104 valence electrons. The highest BCUT2D eigenvalue weighted by molar-refractivity contribution is 9.10.